The average Bonchev–Trinajstić information content (AvgIpc) is 2.72. The van der Waals surface area contributed by atoms with Gasteiger partial charge in [-0.25, -0.2) is 4.79 Å². The van der Waals surface area contributed by atoms with Crippen LogP contribution in [0.25, 0.3) is 0 Å². The third-order valence-electron chi connectivity index (χ3n) is 6.75. The van der Waals surface area contributed by atoms with Gasteiger partial charge in [-0.3, -0.25) is 9.59 Å². The topological polar surface area (TPSA) is 83.9 Å². The van der Waals surface area contributed by atoms with Crippen LogP contribution in [0.15, 0.2) is 12.2 Å². The minimum absolute atomic E-state index is 0.118. The lowest BCUT2D eigenvalue weighted by Crippen LogP contribution is -2.37. The number of hydrogen-bond acceptors (Lipinski definition) is 4. The van der Waals surface area contributed by atoms with E-state index in [1.807, 2.05) is 11.9 Å². The molecule has 0 aromatic rings. The highest BCUT2D eigenvalue weighted by Gasteiger charge is 2.34. The summed E-state index contributed by atoms with van der Waals surface area (Å²) in [4.78, 5) is 37.0. The third-order valence-corrected chi connectivity index (χ3v) is 6.75. The van der Waals surface area contributed by atoms with E-state index in [2.05, 4.69) is 6.58 Å². The molecule has 164 valence electrons. The largest absolute Gasteiger partial charge is 0.481 e. The summed E-state index contributed by atoms with van der Waals surface area (Å²) in [5, 5.41) is 9.15. The molecule has 0 aromatic heterocycles. The van der Waals surface area contributed by atoms with Gasteiger partial charge >= 0.3 is 11.9 Å². The molecule has 2 rings (SSSR count). The number of unbranched alkanes of at least 4 members (excludes halogenated alkanes) is 1. The molecule has 29 heavy (non-hydrogen) atoms. The van der Waals surface area contributed by atoms with Crippen LogP contribution >= 0.6 is 0 Å². The number of rotatable bonds is 9. The lowest BCUT2D eigenvalue weighted by molar-refractivity contribution is -0.143. The van der Waals surface area contributed by atoms with E-state index in [0.717, 1.165) is 64.2 Å². The Bertz CT molecular complexity index is 586. The van der Waals surface area contributed by atoms with Gasteiger partial charge in [0.2, 0.25) is 5.91 Å². The van der Waals surface area contributed by atoms with Gasteiger partial charge in [0.1, 0.15) is 0 Å². The molecule has 0 heterocycles. The first-order valence-electron chi connectivity index (χ1n) is 11.1. The number of carbonyl (C=O) groups is 3. The van der Waals surface area contributed by atoms with Crippen molar-refractivity contribution >= 4 is 17.8 Å². The smallest absolute Gasteiger partial charge is 0.333 e. The molecule has 0 unspecified atom stereocenters. The summed E-state index contributed by atoms with van der Waals surface area (Å²) in [5.41, 5.74) is 0.405. The Labute approximate surface area is 174 Å². The minimum Gasteiger partial charge on any atom is -0.481 e. The molecule has 6 heteroatoms. The second kappa shape index (κ2) is 11.4. The van der Waals surface area contributed by atoms with Crippen LogP contribution in [0, 0.1) is 23.7 Å². The predicted molar refractivity (Wildman–Crippen MR) is 111 cm³/mol. The van der Waals surface area contributed by atoms with Crippen molar-refractivity contribution in [3.8, 4) is 0 Å². The van der Waals surface area contributed by atoms with Crippen molar-refractivity contribution < 1.29 is 24.2 Å². The van der Waals surface area contributed by atoms with Crippen molar-refractivity contribution in [3.05, 3.63) is 12.2 Å². The fraction of sp³-hybridized carbons (Fsp3) is 0.783. The van der Waals surface area contributed by atoms with Crippen molar-refractivity contribution in [2.45, 2.75) is 71.1 Å². The van der Waals surface area contributed by atoms with Crippen molar-refractivity contribution in [3.63, 3.8) is 0 Å². The Hall–Kier alpha value is -1.85. The number of carboxylic acid groups (broad SMARTS) is 1. The quantitative estimate of drug-likeness (QED) is 0.354. The van der Waals surface area contributed by atoms with Crippen LogP contribution in [0.1, 0.15) is 71.1 Å². The molecule has 1 N–H and O–H groups in total. The van der Waals surface area contributed by atoms with Crippen LogP contribution < -0.4 is 0 Å². The zero-order valence-electron chi connectivity index (χ0n) is 18.0. The average molecular weight is 408 g/mol. The monoisotopic (exact) mass is 407 g/mol. The lowest BCUT2D eigenvalue weighted by Gasteiger charge is -2.37. The molecule has 0 bridgehead atoms. The van der Waals surface area contributed by atoms with Crippen LogP contribution in [0.2, 0.25) is 0 Å². The van der Waals surface area contributed by atoms with Gasteiger partial charge in [-0.2, -0.15) is 0 Å². The summed E-state index contributed by atoms with van der Waals surface area (Å²) in [6.07, 6.45) is 9.29. The minimum atomic E-state index is -0.644. The van der Waals surface area contributed by atoms with Crippen LogP contribution in [0.3, 0.4) is 0 Å². The molecular weight excluding hydrogens is 370 g/mol. The Morgan fingerprint density at radius 1 is 0.931 bits per heavy atom. The second-order valence-corrected chi connectivity index (χ2v) is 8.94. The summed E-state index contributed by atoms with van der Waals surface area (Å²) >= 11 is 0. The van der Waals surface area contributed by atoms with Crippen LogP contribution in [-0.4, -0.2) is 48.1 Å². The van der Waals surface area contributed by atoms with Crippen LogP contribution in [0.5, 0.6) is 0 Å². The first-order valence-corrected chi connectivity index (χ1v) is 11.1. The van der Waals surface area contributed by atoms with Crippen molar-refractivity contribution in [1.29, 1.82) is 0 Å². The molecule has 0 atom stereocenters. The number of nitrogens with zero attached hydrogens (tertiary/aromatic N) is 1. The third kappa shape index (κ3) is 7.16. The first-order chi connectivity index (χ1) is 13.8. The molecule has 1 amide bonds. The number of hydrogen-bond donors (Lipinski definition) is 1. The molecular formula is C23H37NO5. The van der Waals surface area contributed by atoms with Crippen LogP contribution in [-0.2, 0) is 19.1 Å². The highest BCUT2D eigenvalue weighted by atomic mass is 16.5. The maximum absolute atomic E-state index is 12.7. The summed E-state index contributed by atoms with van der Waals surface area (Å²) in [5.74, 6) is 0.493. The fourth-order valence-corrected chi connectivity index (χ4v) is 4.84. The molecule has 2 saturated carbocycles. The van der Waals surface area contributed by atoms with E-state index in [1.54, 1.807) is 6.92 Å². The molecule has 0 aliphatic heterocycles. The summed E-state index contributed by atoms with van der Waals surface area (Å²) in [6.45, 7) is 6.23. The highest BCUT2D eigenvalue weighted by molar-refractivity contribution is 5.86. The zero-order valence-corrected chi connectivity index (χ0v) is 18.0. The van der Waals surface area contributed by atoms with E-state index in [-0.39, 0.29) is 23.7 Å². The lowest BCUT2D eigenvalue weighted by atomic mass is 9.69. The molecule has 0 saturated heterocycles. The number of carbonyl (C=O) groups excluding carboxylic acids is 2. The number of ether oxygens (including phenoxy) is 1. The van der Waals surface area contributed by atoms with E-state index in [1.165, 1.54) is 0 Å². The second-order valence-electron chi connectivity index (χ2n) is 8.94. The Morgan fingerprint density at radius 3 is 1.93 bits per heavy atom. The Balaban J connectivity index is 1.63. The van der Waals surface area contributed by atoms with Gasteiger partial charge in [-0.15, -0.1) is 0 Å². The Kier molecular flexibility index (Phi) is 9.18. The van der Waals surface area contributed by atoms with E-state index in [4.69, 9.17) is 9.84 Å². The van der Waals surface area contributed by atoms with Crippen molar-refractivity contribution in [1.82, 2.24) is 4.90 Å². The molecule has 2 aliphatic carbocycles. The van der Waals surface area contributed by atoms with E-state index in [0.29, 0.717) is 30.6 Å². The number of amides is 1. The molecule has 6 nitrogen and oxygen atoms in total. The number of aliphatic carboxylic acids is 1. The predicted octanol–water partition coefficient (Wildman–Crippen LogP) is 4.04. The van der Waals surface area contributed by atoms with E-state index >= 15 is 0 Å². The molecule has 0 aromatic carbocycles. The number of carboxylic acids is 1. The van der Waals surface area contributed by atoms with Crippen molar-refractivity contribution in [2.24, 2.45) is 23.7 Å². The highest BCUT2D eigenvalue weighted by Crippen LogP contribution is 2.41. The van der Waals surface area contributed by atoms with Gasteiger partial charge in [0.25, 0.3) is 0 Å². The van der Waals surface area contributed by atoms with Crippen molar-refractivity contribution in [2.75, 3.05) is 20.2 Å². The van der Waals surface area contributed by atoms with Gasteiger partial charge in [0, 0.05) is 25.1 Å². The van der Waals surface area contributed by atoms with Gasteiger partial charge in [-0.1, -0.05) is 6.58 Å². The molecule has 0 radical (unpaired) electrons. The number of esters is 1. The zero-order chi connectivity index (χ0) is 21.4. The van der Waals surface area contributed by atoms with Gasteiger partial charge in [-0.05, 0) is 83.0 Å². The molecule has 2 aliphatic rings. The van der Waals surface area contributed by atoms with Gasteiger partial charge in [0.15, 0.2) is 0 Å². The van der Waals surface area contributed by atoms with Gasteiger partial charge in [0.05, 0.1) is 12.5 Å². The summed E-state index contributed by atoms with van der Waals surface area (Å²) < 4.78 is 5.08. The maximum atomic E-state index is 12.7. The van der Waals surface area contributed by atoms with Crippen LogP contribution in [0.4, 0.5) is 0 Å². The Morgan fingerprint density at radius 2 is 1.45 bits per heavy atom. The normalized spacial score (nSPS) is 27.1. The molecule has 0 spiro atoms. The van der Waals surface area contributed by atoms with Gasteiger partial charge < -0.3 is 14.7 Å². The van der Waals surface area contributed by atoms with E-state index < -0.39 is 5.97 Å². The standard InChI is InChI=1S/C23H37NO5/c1-16(2)23(28)29-15-5-4-14-24(3)21(25)19-10-6-17(7-11-19)18-8-12-20(13-9-18)22(26)27/h17-20H,1,4-15H2,2-3H3,(H,26,27). The summed E-state index contributed by atoms with van der Waals surface area (Å²) in [7, 11) is 1.86. The summed E-state index contributed by atoms with van der Waals surface area (Å²) in [6, 6.07) is 0. The maximum Gasteiger partial charge on any atom is 0.333 e. The SMILES string of the molecule is C=C(C)C(=O)OCCCCN(C)C(=O)C1CCC(C2CCC(C(=O)O)CC2)CC1. The fourth-order valence-electron chi connectivity index (χ4n) is 4.84. The van der Waals surface area contributed by atoms with E-state index in [9.17, 15) is 14.4 Å². The molecule has 2 fully saturated rings. The first kappa shape index (κ1) is 23.4.